The molecule has 0 bridgehead atoms. The normalized spacial score (nSPS) is 14.5. The number of amides is 1. The number of nitriles is 1. The molecule has 6 heteroatoms. The van der Waals surface area contributed by atoms with Crippen LogP contribution in [-0.4, -0.2) is 27.5 Å². The second-order valence-corrected chi connectivity index (χ2v) is 6.85. The van der Waals surface area contributed by atoms with Crippen LogP contribution in [0, 0.1) is 24.2 Å². The van der Waals surface area contributed by atoms with Gasteiger partial charge in [-0.15, -0.1) is 0 Å². The van der Waals surface area contributed by atoms with Crippen molar-refractivity contribution in [2.45, 2.75) is 20.4 Å². The van der Waals surface area contributed by atoms with E-state index in [1.165, 1.54) is 0 Å². The van der Waals surface area contributed by atoms with Crippen LogP contribution in [0.5, 0.6) is 0 Å². The lowest BCUT2D eigenvalue weighted by molar-refractivity contribution is 0.0767. The number of H-pyrrole nitrogens is 1. The van der Waals surface area contributed by atoms with Crippen LogP contribution in [-0.2, 0) is 6.54 Å². The number of nitrogens with two attached hydrogens (primary N) is 1. The third kappa shape index (κ3) is 2.40. The zero-order chi connectivity index (χ0) is 18.4. The molecule has 3 aromatic rings. The average molecular weight is 345 g/mol. The van der Waals surface area contributed by atoms with Crippen molar-refractivity contribution in [3.63, 3.8) is 0 Å². The number of carbonyl (C=O) groups excluding carboxylic acids is 1. The van der Waals surface area contributed by atoms with E-state index in [-0.39, 0.29) is 11.8 Å². The number of benzene rings is 2. The number of rotatable bonds is 3. The van der Waals surface area contributed by atoms with E-state index in [9.17, 15) is 4.79 Å². The number of nitrogen functional groups attached to an aromatic ring is 1. The van der Waals surface area contributed by atoms with Crippen LogP contribution in [0.1, 0.15) is 28.5 Å². The first-order valence-electron chi connectivity index (χ1n) is 8.55. The van der Waals surface area contributed by atoms with Gasteiger partial charge in [-0.3, -0.25) is 9.89 Å². The number of aromatic nitrogens is 2. The second kappa shape index (κ2) is 5.88. The molecule has 26 heavy (non-hydrogen) atoms. The highest BCUT2D eigenvalue weighted by molar-refractivity contribution is 6.05. The number of fused-ring (bicyclic) bond motifs is 2. The van der Waals surface area contributed by atoms with E-state index >= 15 is 0 Å². The minimum absolute atomic E-state index is 0.0954. The number of nitrogens with zero attached hydrogens (tertiary/aromatic N) is 3. The second-order valence-electron chi connectivity index (χ2n) is 6.85. The highest BCUT2D eigenvalue weighted by Gasteiger charge is 2.32. The fourth-order valence-electron chi connectivity index (χ4n) is 3.60. The molecular weight excluding hydrogens is 326 g/mol. The van der Waals surface area contributed by atoms with Crippen LogP contribution in [0.3, 0.4) is 0 Å². The van der Waals surface area contributed by atoms with Gasteiger partial charge in [-0.1, -0.05) is 12.1 Å². The molecule has 6 nitrogen and oxygen atoms in total. The SMILES string of the molecule is Cc1[nH]nc2ccc(-c3ccc(N)c4c3CN(CC(C)C#N)C4=O)cc12. The van der Waals surface area contributed by atoms with Crippen molar-refractivity contribution in [3.05, 3.63) is 47.2 Å². The molecule has 2 aromatic carbocycles. The molecule has 2 heterocycles. The Bertz CT molecular complexity index is 1080. The van der Waals surface area contributed by atoms with Gasteiger partial charge in [0.2, 0.25) is 0 Å². The van der Waals surface area contributed by atoms with Gasteiger partial charge in [0, 0.05) is 29.9 Å². The molecule has 0 spiro atoms. The Morgan fingerprint density at radius 1 is 1.38 bits per heavy atom. The zero-order valence-electron chi connectivity index (χ0n) is 14.7. The molecule has 130 valence electrons. The van der Waals surface area contributed by atoms with Gasteiger partial charge in [-0.25, -0.2) is 0 Å². The number of aryl methyl sites for hydroxylation is 1. The summed E-state index contributed by atoms with van der Waals surface area (Å²) in [5.41, 5.74) is 12.0. The van der Waals surface area contributed by atoms with Gasteiger partial charge in [0.25, 0.3) is 5.91 Å². The summed E-state index contributed by atoms with van der Waals surface area (Å²) in [6, 6.07) is 12.0. The van der Waals surface area contributed by atoms with Crippen molar-refractivity contribution >= 4 is 22.5 Å². The van der Waals surface area contributed by atoms with Gasteiger partial charge in [-0.2, -0.15) is 10.4 Å². The summed E-state index contributed by atoms with van der Waals surface area (Å²) >= 11 is 0. The molecule has 0 aliphatic carbocycles. The Kier molecular flexibility index (Phi) is 3.66. The summed E-state index contributed by atoms with van der Waals surface area (Å²) in [7, 11) is 0. The largest absolute Gasteiger partial charge is 0.398 e. The van der Waals surface area contributed by atoms with E-state index < -0.39 is 0 Å². The summed E-state index contributed by atoms with van der Waals surface area (Å²) in [5, 5.41) is 17.4. The van der Waals surface area contributed by atoms with Gasteiger partial charge >= 0.3 is 0 Å². The predicted octanol–water partition coefficient (Wildman–Crippen LogP) is 3.24. The monoisotopic (exact) mass is 345 g/mol. The fraction of sp³-hybridized carbons (Fsp3) is 0.250. The standard InChI is InChI=1S/C20H19N5O/c1-11(8-21)9-25-10-16-14(4-5-17(22)19(16)20(25)26)13-3-6-18-15(7-13)12(2)23-24-18/h3-7,11H,9-10,22H2,1-2H3,(H,23,24). The van der Waals surface area contributed by atoms with E-state index in [0.717, 1.165) is 33.3 Å². The van der Waals surface area contributed by atoms with Crippen molar-refractivity contribution in [1.82, 2.24) is 15.1 Å². The van der Waals surface area contributed by atoms with E-state index in [2.05, 4.69) is 22.3 Å². The number of hydrogen-bond acceptors (Lipinski definition) is 4. The molecule has 1 atom stereocenters. The molecule has 1 aliphatic rings. The molecular formula is C20H19N5O. The highest BCUT2D eigenvalue weighted by Crippen LogP contribution is 2.37. The van der Waals surface area contributed by atoms with Crippen LogP contribution < -0.4 is 5.73 Å². The quantitative estimate of drug-likeness (QED) is 0.712. The van der Waals surface area contributed by atoms with Crippen LogP contribution in [0.15, 0.2) is 30.3 Å². The molecule has 0 saturated heterocycles. The van der Waals surface area contributed by atoms with E-state index in [0.29, 0.717) is 24.3 Å². The van der Waals surface area contributed by atoms with Gasteiger partial charge in [0.05, 0.1) is 23.1 Å². The number of anilines is 1. The molecule has 0 fully saturated rings. The first-order valence-corrected chi connectivity index (χ1v) is 8.55. The summed E-state index contributed by atoms with van der Waals surface area (Å²) < 4.78 is 0. The van der Waals surface area contributed by atoms with Crippen molar-refractivity contribution < 1.29 is 4.79 Å². The lowest BCUT2D eigenvalue weighted by atomic mass is 9.95. The Balaban J connectivity index is 1.82. The van der Waals surface area contributed by atoms with Gasteiger partial charge in [0.15, 0.2) is 0 Å². The van der Waals surface area contributed by atoms with E-state index in [1.54, 1.807) is 11.0 Å². The maximum atomic E-state index is 12.8. The van der Waals surface area contributed by atoms with Crippen molar-refractivity contribution in [2.24, 2.45) is 5.92 Å². The summed E-state index contributed by atoms with van der Waals surface area (Å²) in [6.45, 7) is 4.68. The molecule has 3 N–H and O–H groups in total. The van der Waals surface area contributed by atoms with Crippen LogP contribution >= 0.6 is 0 Å². The first kappa shape index (κ1) is 16.2. The topological polar surface area (TPSA) is 98.8 Å². The first-order chi connectivity index (χ1) is 12.5. The number of carbonyl (C=O) groups is 1. The maximum absolute atomic E-state index is 12.8. The molecule has 0 saturated carbocycles. The van der Waals surface area contributed by atoms with Crippen molar-refractivity contribution in [1.29, 1.82) is 5.26 Å². The molecule has 0 radical (unpaired) electrons. The third-order valence-corrected chi connectivity index (χ3v) is 4.97. The lowest BCUT2D eigenvalue weighted by Gasteiger charge is -2.16. The highest BCUT2D eigenvalue weighted by atomic mass is 16.2. The third-order valence-electron chi connectivity index (χ3n) is 4.97. The molecule has 1 aliphatic heterocycles. The fourth-order valence-corrected chi connectivity index (χ4v) is 3.60. The summed E-state index contributed by atoms with van der Waals surface area (Å²) in [4.78, 5) is 14.5. The molecule has 4 rings (SSSR count). The molecule has 1 aromatic heterocycles. The summed E-state index contributed by atoms with van der Waals surface area (Å²) in [6.07, 6.45) is 0. The van der Waals surface area contributed by atoms with Gasteiger partial charge in [-0.05, 0) is 48.7 Å². The summed E-state index contributed by atoms with van der Waals surface area (Å²) in [5.74, 6) is -0.315. The minimum Gasteiger partial charge on any atom is -0.398 e. The zero-order valence-corrected chi connectivity index (χ0v) is 14.7. The van der Waals surface area contributed by atoms with Crippen LogP contribution in [0.2, 0.25) is 0 Å². The lowest BCUT2D eigenvalue weighted by Crippen LogP contribution is -2.28. The number of aromatic amines is 1. The Hall–Kier alpha value is -3.33. The number of nitrogens with one attached hydrogen (secondary N) is 1. The van der Waals surface area contributed by atoms with Gasteiger partial charge in [0.1, 0.15) is 0 Å². The predicted molar refractivity (Wildman–Crippen MR) is 100 cm³/mol. The molecule has 1 amide bonds. The maximum Gasteiger partial charge on any atom is 0.256 e. The minimum atomic E-state index is -0.220. The van der Waals surface area contributed by atoms with E-state index in [1.807, 2.05) is 32.0 Å². The van der Waals surface area contributed by atoms with E-state index in [4.69, 9.17) is 11.0 Å². The Morgan fingerprint density at radius 3 is 2.96 bits per heavy atom. The Labute approximate surface area is 151 Å². The van der Waals surface area contributed by atoms with Crippen LogP contribution in [0.25, 0.3) is 22.0 Å². The molecule has 1 unspecified atom stereocenters. The smallest absolute Gasteiger partial charge is 0.256 e. The van der Waals surface area contributed by atoms with Crippen molar-refractivity contribution in [3.8, 4) is 17.2 Å². The van der Waals surface area contributed by atoms with Crippen molar-refractivity contribution in [2.75, 3.05) is 12.3 Å². The Morgan fingerprint density at radius 2 is 2.19 bits per heavy atom. The average Bonchev–Trinajstić information content (AvgIpc) is 3.16. The number of hydrogen-bond donors (Lipinski definition) is 2. The van der Waals surface area contributed by atoms with Crippen LogP contribution in [0.4, 0.5) is 5.69 Å². The van der Waals surface area contributed by atoms with Gasteiger partial charge < -0.3 is 10.6 Å².